The molecule has 5 N–H and O–H groups in total. The van der Waals surface area contributed by atoms with Gasteiger partial charge in [-0.15, -0.1) is 0 Å². The highest BCUT2D eigenvalue weighted by Gasteiger charge is 2.43. The van der Waals surface area contributed by atoms with Gasteiger partial charge < -0.3 is 34.6 Å². The topological polar surface area (TPSA) is 223 Å². The largest absolute Gasteiger partial charge is 0.481 e. The van der Waals surface area contributed by atoms with Gasteiger partial charge in [-0.3, -0.25) is 13.9 Å². The second-order valence-corrected chi connectivity index (χ2v) is 13.9. The molecule has 1 saturated heterocycles. The number of fused-ring (bicyclic) bond motifs is 1. The molecule has 1 aliphatic rings. The Balaban J connectivity index is 1.51. The highest BCUT2D eigenvalue weighted by molar-refractivity contribution is 7.63. The van der Waals surface area contributed by atoms with E-state index in [0.29, 0.717) is 30.0 Å². The summed E-state index contributed by atoms with van der Waals surface area (Å²) in [5.41, 5.74) is 6.69. The molecule has 2 aromatic heterocycles. The van der Waals surface area contributed by atoms with Gasteiger partial charge in [0.05, 0.1) is 19.8 Å². The molecule has 0 saturated carbocycles. The number of hydrogen-bond donors (Lipinski definition) is 4. The average molecular weight is 706 g/mol. The van der Waals surface area contributed by atoms with Gasteiger partial charge in [-0.1, -0.05) is 32.0 Å². The smallest absolute Gasteiger partial charge is 0.468 e. The third kappa shape index (κ3) is 9.01. The normalized spacial score (nSPS) is 21.6. The van der Waals surface area contributed by atoms with Crippen LogP contribution in [0.2, 0.25) is 5.28 Å². The lowest BCUT2D eigenvalue weighted by molar-refractivity contribution is -0.142. The fraction of sp³-hybridized carbons (Fsp3) is 0.538. The standard InChI is InChI=1S/C26H38ClN7O10P2/c1-5-33(6-2)13-12-20-29-22-23(28)30-26(27)31-24(22)34(20)21-14-18(35)19(42-21)15-41-46(38,39)44-45(37,32-16(3)25(36)40-4)43-17-10-8-7-9-11-17/h7-11,16,18-19,21,35H,5-6,12-15H2,1-4H3,(H,32,37)(H,38,39)(H2,28,30,31)/t16-,18+,19+,21+,45?/m0/s1. The molecule has 254 valence electrons. The Morgan fingerprint density at radius 1 is 1.24 bits per heavy atom. The molecule has 3 aromatic rings. The van der Waals surface area contributed by atoms with Crippen LogP contribution in [-0.2, 0) is 38.7 Å². The number of nitrogen functional groups attached to an aromatic ring is 1. The monoisotopic (exact) mass is 705 g/mol. The number of aromatic nitrogens is 4. The number of carbonyl (C=O) groups excluding carboxylic acids is 1. The number of aliphatic hydroxyl groups excluding tert-OH is 1. The molecule has 0 bridgehead atoms. The molecule has 1 aliphatic heterocycles. The summed E-state index contributed by atoms with van der Waals surface area (Å²) in [5.74, 6) is -0.182. The van der Waals surface area contributed by atoms with Gasteiger partial charge in [0.15, 0.2) is 17.0 Å². The fourth-order valence-corrected chi connectivity index (χ4v) is 7.93. The number of methoxy groups -OCH3 is 1. The highest BCUT2D eigenvalue weighted by atomic mass is 35.5. The maximum Gasteiger partial charge on any atom is 0.481 e. The van der Waals surface area contributed by atoms with Gasteiger partial charge >= 0.3 is 21.5 Å². The van der Waals surface area contributed by atoms with Gasteiger partial charge in [-0.2, -0.15) is 19.4 Å². The lowest BCUT2D eigenvalue weighted by Crippen LogP contribution is -2.34. The van der Waals surface area contributed by atoms with Crippen LogP contribution in [0.1, 0.15) is 39.2 Å². The van der Waals surface area contributed by atoms with E-state index in [1.165, 1.54) is 19.1 Å². The maximum absolute atomic E-state index is 13.6. The zero-order valence-electron chi connectivity index (χ0n) is 25.7. The number of hydrogen-bond acceptors (Lipinski definition) is 14. The summed E-state index contributed by atoms with van der Waals surface area (Å²) in [4.78, 5) is 37.6. The van der Waals surface area contributed by atoms with E-state index in [1.54, 1.807) is 22.8 Å². The van der Waals surface area contributed by atoms with Crippen LogP contribution in [-0.4, -0.2) is 92.0 Å². The quantitative estimate of drug-likeness (QED) is 0.0955. The minimum absolute atomic E-state index is 0.0155. The van der Waals surface area contributed by atoms with Gasteiger partial charge in [0.1, 0.15) is 29.9 Å². The Morgan fingerprint density at radius 3 is 2.59 bits per heavy atom. The van der Waals surface area contributed by atoms with Crippen molar-refractivity contribution >= 4 is 50.1 Å². The van der Waals surface area contributed by atoms with E-state index in [0.717, 1.165) is 20.2 Å². The van der Waals surface area contributed by atoms with Crippen LogP contribution in [0.25, 0.3) is 11.2 Å². The second-order valence-electron chi connectivity index (χ2n) is 10.3. The van der Waals surface area contributed by atoms with Gasteiger partial charge in [0, 0.05) is 19.4 Å². The van der Waals surface area contributed by atoms with Crippen LogP contribution in [0.5, 0.6) is 5.75 Å². The number of aliphatic hydroxyl groups is 1. The van der Waals surface area contributed by atoms with Crippen LogP contribution in [0.3, 0.4) is 0 Å². The molecule has 20 heteroatoms. The van der Waals surface area contributed by atoms with E-state index in [4.69, 9.17) is 35.4 Å². The Labute approximate surface area is 270 Å². The minimum atomic E-state index is -5.17. The Kier molecular flexibility index (Phi) is 12.2. The van der Waals surface area contributed by atoms with Crippen LogP contribution in [0.4, 0.5) is 5.82 Å². The second kappa shape index (κ2) is 15.5. The summed E-state index contributed by atoms with van der Waals surface area (Å²) in [7, 11) is -8.78. The number of rotatable bonds is 16. The van der Waals surface area contributed by atoms with E-state index < -0.39 is 52.6 Å². The number of esters is 1. The summed E-state index contributed by atoms with van der Waals surface area (Å²) >= 11 is 6.10. The number of nitrogens with one attached hydrogen (secondary N) is 1. The number of anilines is 1. The van der Waals surface area contributed by atoms with Gasteiger partial charge in [-0.05, 0) is 43.7 Å². The van der Waals surface area contributed by atoms with Crippen molar-refractivity contribution in [3.8, 4) is 5.75 Å². The van der Waals surface area contributed by atoms with Crippen molar-refractivity contribution < 1.29 is 46.8 Å². The number of nitrogens with two attached hydrogens (primary N) is 1. The zero-order valence-corrected chi connectivity index (χ0v) is 28.2. The van der Waals surface area contributed by atoms with Crippen LogP contribution in [0.15, 0.2) is 30.3 Å². The molecule has 1 aromatic carbocycles. The molecular weight excluding hydrogens is 668 g/mol. The number of halogens is 1. The van der Waals surface area contributed by atoms with Crippen LogP contribution in [0, 0.1) is 0 Å². The average Bonchev–Trinajstić information content (AvgIpc) is 3.55. The molecular formula is C26H38ClN7O10P2. The van der Waals surface area contributed by atoms with E-state index in [9.17, 15) is 23.9 Å². The maximum atomic E-state index is 13.6. The van der Waals surface area contributed by atoms with Gasteiger partial charge in [-0.25, -0.2) is 14.1 Å². The number of carbonyl (C=O) groups is 1. The first-order valence-electron chi connectivity index (χ1n) is 14.4. The SMILES string of the molecule is CCN(CC)CCc1nc2c(N)nc(Cl)nc2n1[C@H]1C[C@@H](O)[C@@H](COP(=O)(O)OP(=O)(N[C@@H](C)C(=O)OC)Oc2ccccc2)O1. The number of phosphoric ester groups is 1. The summed E-state index contributed by atoms with van der Waals surface area (Å²) in [6.07, 6.45) is -2.62. The van der Waals surface area contributed by atoms with Gasteiger partial charge in [0.25, 0.3) is 0 Å². The molecule has 17 nitrogen and oxygen atoms in total. The first kappa shape index (κ1) is 36.2. The molecule has 6 atom stereocenters. The van der Waals surface area contributed by atoms with Crippen molar-refractivity contribution in [2.24, 2.45) is 0 Å². The molecule has 0 radical (unpaired) electrons. The number of para-hydroxylation sites is 1. The van der Waals surface area contributed by atoms with Crippen molar-refractivity contribution in [3.63, 3.8) is 0 Å². The molecule has 46 heavy (non-hydrogen) atoms. The first-order valence-corrected chi connectivity index (χ1v) is 17.8. The summed E-state index contributed by atoms with van der Waals surface area (Å²) in [6.45, 7) is 7.05. The van der Waals surface area contributed by atoms with E-state index in [-0.39, 0.29) is 23.3 Å². The number of benzene rings is 1. The number of phosphoric acid groups is 1. The zero-order chi connectivity index (χ0) is 33.6. The number of imidazole rings is 1. The third-order valence-corrected chi connectivity index (χ3v) is 10.6. The van der Waals surface area contributed by atoms with Gasteiger partial charge in [0.2, 0.25) is 5.28 Å². The Hall–Kier alpha value is -2.69. The predicted octanol–water partition coefficient (Wildman–Crippen LogP) is 3.07. The molecule has 0 spiro atoms. The van der Waals surface area contributed by atoms with Crippen LogP contribution >= 0.6 is 27.2 Å². The minimum Gasteiger partial charge on any atom is -0.468 e. The lowest BCUT2D eigenvalue weighted by atomic mass is 10.2. The summed E-state index contributed by atoms with van der Waals surface area (Å²) in [6, 6.07) is 6.40. The number of ether oxygens (including phenoxy) is 2. The highest BCUT2D eigenvalue weighted by Crippen LogP contribution is 2.60. The molecule has 0 aliphatic carbocycles. The van der Waals surface area contributed by atoms with Crippen molar-refractivity contribution in [2.75, 3.05) is 39.1 Å². The first-order chi connectivity index (χ1) is 21.8. The molecule has 3 heterocycles. The fourth-order valence-electron chi connectivity index (χ4n) is 4.79. The molecule has 0 amide bonds. The van der Waals surface area contributed by atoms with Crippen molar-refractivity contribution in [2.45, 2.75) is 58.1 Å². The van der Waals surface area contributed by atoms with Crippen molar-refractivity contribution in [1.82, 2.24) is 29.5 Å². The summed E-state index contributed by atoms with van der Waals surface area (Å²) < 4.78 is 54.4. The third-order valence-electron chi connectivity index (χ3n) is 7.14. The predicted molar refractivity (Wildman–Crippen MR) is 167 cm³/mol. The van der Waals surface area contributed by atoms with E-state index >= 15 is 0 Å². The van der Waals surface area contributed by atoms with Crippen molar-refractivity contribution in [3.05, 3.63) is 41.4 Å². The Bertz CT molecular complexity index is 1600. The van der Waals surface area contributed by atoms with Crippen molar-refractivity contribution in [1.29, 1.82) is 0 Å². The number of likely N-dealkylation sites (N-methyl/N-ethyl adjacent to an activating group) is 1. The summed E-state index contributed by atoms with van der Waals surface area (Å²) in [5, 5.41) is 13.0. The van der Waals surface area contributed by atoms with E-state index in [1.807, 2.05) is 13.8 Å². The lowest BCUT2D eigenvalue weighted by Gasteiger charge is -2.24. The number of nitrogens with zero attached hydrogens (tertiary/aromatic N) is 5. The molecule has 2 unspecified atom stereocenters. The van der Waals surface area contributed by atoms with Crippen LogP contribution < -0.4 is 15.3 Å². The molecule has 4 rings (SSSR count). The molecule has 1 fully saturated rings. The van der Waals surface area contributed by atoms with E-state index in [2.05, 4.69) is 29.7 Å². The Morgan fingerprint density at radius 2 is 1.93 bits per heavy atom.